The standard InChI is InChI=1S/C19H22N4O4/c1-5-26-19(25)15-16(24)14(27-18(15)22-23(4)11(2)3)9-12-10-21-17-13(12)7-6-8-20-17/h6-11,22H,5H2,1-4H3,(H,20,21)/b14-9-. The Bertz CT molecular complexity index is 942. The molecule has 1 aliphatic rings. The fraction of sp³-hybridized carbons (Fsp3) is 0.316. The number of rotatable bonds is 6. The number of aromatic nitrogens is 2. The van der Waals surface area contributed by atoms with Crippen molar-refractivity contribution in [3.63, 3.8) is 0 Å². The van der Waals surface area contributed by atoms with Gasteiger partial charge in [-0.15, -0.1) is 0 Å². The van der Waals surface area contributed by atoms with Gasteiger partial charge in [0.05, 0.1) is 6.61 Å². The average molecular weight is 370 g/mol. The summed E-state index contributed by atoms with van der Waals surface area (Å²) in [6.45, 7) is 5.77. The third-order valence-electron chi connectivity index (χ3n) is 4.19. The second-order valence-corrected chi connectivity index (χ2v) is 6.32. The number of nitrogens with zero attached hydrogens (tertiary/aromatic N) is 2. The van der Waals surface area contributed by atoms with Crippen LogP contribution in [0.15, 0.2) is 41.7 Å². The number of carbonyl (C=O) groups excluding carboxylic acids is 2. The van der Waals surface area contributed by atoms with Crippen molar-refractivity contribution >= 4 is 28.9 Å². The van der Waals surface area contributed by atoms with Crippen molar-refractivity contribution < 1.29 is 19.1 Å². The largest absolute Gasteiger partial charge is 0.462 e. The maximum atomic E-state index is 12.8. The molecule has 0 unspecified atom stereocenters. The van der Waals surface area contributed by atoms with Crippen LogP contribution in [0.1, 0.15) is 26.3 Å². The van der Waals surface area contributed by atoms with Gasteiger partial charge in [0.2, 0.25) is 11.7 Å². The Labute approximate surface area is 156 Å². The van der Waals surface area contributed by atoms with Gasteiger partial charge < -0.3 is 14.5 Å². The second kappa shape index (κ2) is 7.63. The number of Topliss-reactive ketones (excluding diaryl/α,β-unsaturated/α-hetero) is 1. The average Bonchev–Trinajstić information content (AvgIpc) is 3.17. The van der Waals surface area contributed by atoms with Crippen LogP contribution in [0.2, 0.25) is 0 Å². The molecule has 2 aromatic rings. The summed E-state index contributed by atoms with van der Waals surface area (Å²) in [5.74, 6) is -1.13. The van der Waals surface area contributed by atoms with E-state index in [1.54, 1.807) is 37.5 Å². The summed E-state index contributed by atoms with van der Waals surface area (Å²) in [5, 5.41) is 2.58. The fourth-order valence-corrected chi connectivity index (χ4v) is 2.52. The maximum absolute atomic E-state index is 12.8. The van der Waals surface area contributed by atoms with Crippen molar-refractivity contribution in [2.45, 2.75) is 26.8 Å². The minimum atomic E-state index is -0.717. The molecular weight excluding hydrogens is 348 g/mol. The Balaban J connectivity index is 1.96. The predicted molar refractivity (Wildman–Crippen MR) is 99.9 cm³/mol. The molecule has 8 nitrogen and oxygen atoms in total. The van der Waals surface area contributed by atoms with E-state index in [4.69, 9.17) is 9.47 Å². The molecule has 0 atom stereocenters. The third kappa shape index (κ3) is 3.70. The number of pyridine rings is 1. The monoisotopic (exact) mass is 370 g/mol. The lowest BCUT2D eigenvalue weighted by molar-refractivity contribution is -0.139. The minimum Gasteiger partial charge on any atom is -0.462 e. The molecule has 27 heavy (non-hydrogen) atoms. The number of ketones is 1. The Morgan fingerprint density at radius 1 is 1.48 bits per heavy atom. The zero-order chi connectivity index (χ0) is 19.6. The summed E-state index contributed by atoms with van der Waals surface area (Å²) in [4.78, 5) is 32.4. The quantitative estimate of drug-likeness (QED) is 0.348. The van der Waals surface area contributed by atoms with Crippen molar-refractivity contribution in [1.29, 1.82) is 0 Å². The lowest BCUT2D eigenvalue weighted by Crippen LogP contribution is -2.39. The molecule has 0 aliphatic carbocycles. The zero-order valence-electron chi connectivity index (χ0n) is 15.7. The number of hydrogen-bond acceptors (Lipinski definition) is 7. The van der Waals surface area contributed by atoms with Crippen molar-refractivity contribution in [2.24, 2.45) is 0 Å². The first-order valence-corrected chi connectivity index (χ1v) is 8.69. The van der Waals surface area contributed by atoms with Gasteiger partial charge in [-0.1, -0.05) is 0 Å². The number of aromatic amines is 1. The van der Waals surface area contributed by atoms with Crippen LogP contribution in [0.3, 0.4) is 0 Å². The van der Waals surface area contributed by atoms with Gasteiger partial charge in [0, 0.05) is 36.4 Å². The van der Waals surface area contributed by atoms with Gasteiger partial charge in [-0.2, -0.15) is 0 Å². The molecule has 142 valence electrons. The van der Waals surface area contributed by atoms with Crippen LogP contribution in [-0.2, 0) is 19.1 Å². The highest BCUT2D eigenvalue weighted by Gasteiger charge is 2.37. The van der Waals surface area contributed by atoms with E-state index < -0.39 is 11.8 Å². The highest BCUT2D eigenvalue weighted by atomic mass is 16.5. The summed E-state index contributed by atoms with van der Waals surface area (Å²) >= 11 is 0. The van der Waals surface area contributed by atoms with E-state index in [0.717, 1.165) is 10.9 Å². The van der Waals surface area contributed by atoms with Crippen LogP contribution in [0.4, 0.5) is 0 Å². The molecule has 0 fully saturated rings. The molecule has 3 rings (SSSR count). The SMILES string of the molecule is CCOC(=O)C1=C(NN(C)C(C)C)O/C(=C\c2c[nH]c3ncccc23)C1=O. The van der Waals surface area contributed by atoms with Crippen LogP contribution in [-0.4, -0.2) is 46.4 Å². The molecule has 1 aliphatic heterocycles. The molecular formula is C19H22N4O4. The summed E-state index contributed by atoms with van der Waals surface area (Å²) in [5.41, 5.74) is 4.25. The summed E-state index contributed by atoms with van der Waals surface area (Å²) < 4.78 is 10.7. The summed E-state index contributed by atoms with van der Waals surface area (Å²) in [6, 6.07) is 3.81. The molecule has 0 bridgehead atoms. The van der Waals surface area contributed by atoms with Gasteiger partial charge in [-0.3, -0.25) is 10.2 Å². The number of allylic oxidation sites excluding steroid dienone is 1. The van der Waals surface area contributed by atoms with Gasteiger partial charge in [0.1, 0.15) is 5.65 Å². The number of nitrogens with one attached hydrogen (secondary N) is 2. The van der Waals surface area contributed by atoms with E-state index in [2.05, 4.69) is 15.4 Å². The normalized spacial score (nSPS) is 15.9. The smallest absolute Gasteiger partial charge is 0.347 e. The Morgan fingerprint density at radius 3 is 2.96 bits per heavy atom. The third-order valence-corrected chi connectivity index (χ3v) is 4.19. The van der Waals surface area contributed by atoms with Crippen molar-refractivity contribution in [2.75, 3.05) is 13.7 Å². The summed E-state index contributed by atoms with van der Waals surface area (Å²) in [6.07, 6.45) is 5.00. The van der Waals surface area contributed by atoms with E-state index in [9.17, 15) is 9.59 Å². The molecule has 0 aromatic carbocycles. The van der Waals surface area contributed by atoms with E-state index >= 15 is 0 Å². The van der Waals surface area contributed by atoms with Crippen LogP contribution in [0.25, 0.3) is 17.1 Å². The molecule has 2 N–H and O–H groups in total. The van der Waals surface area contributed by atoms with Gasteiger partial charge in [0.25, 0.3) is 0 Å². The molecule has 0 saturated heterocycles. The Kier molecular flexibility index (Phi) is 5.27. The van der Waals surface area contributed by atoms with Crippen LogP contribution in [0, 0.1) is 0 Å². The van der Waals surface area contributed by atoms with E-state index in [1.165, 1.54) is 0 Å². The number of hydrazine groups is 1. The van der Waals surface area contributed by atoms with Crippen LogP contribution < -0.4 is 5.43 Å². The molecule has 3 heterocycles. The topological polar surface area (TPSA) is 96.6 Å². The Hall–Kier alpha value is -3.13. The summed E-state index contributed by atoms with van der Waals surface area (Å²) in [7, 11) is 1.79. The number of hydrogen-bond donors (Lipinski definition) is 2. The van der Waals surface area contributed by atoms with Gasteiger partial charge >= 0.3 is 5.97 Å². The van der Waals surface area contributed by atoms with E-state index in [1.807, 2.05) is 26.0 Å². The first kappa shape index (κ1) is 18.7. The number of H-pyrrole nitrogens is 1. The molecule has 0 spiro atoms. The molecule has 0 radical (unpaired) electrons. The Morgan fingerprint density at radius 2 is 2.26 bits per heavy atom. The second-order valence-electron chi connectivity index (χ2n) is 6.32. The molecule has 8 heteroatoms. The van der Waals surface area contributed by atoms with Crippen molar-refractivity contribution in [3.05, 3.63) is 47.3 Å². The van der Waals surface area contributed by atoms with Crippen molar-refractivity contribution in [1.82, 2.24) is 20.4 Å². The lowest BCUT2D eigenvalue weighted by atomic mass is 10.1. The molecule has 0 amide bonds. The van der Waals surface area contributed by atoms with Gasteiger partial charge in [-0.05, 0) is 39.0 Å². The molecule has 0 saturated carbocycles. The first-order chi connectivity index (χ1) is 12.9. The maximum Gasteiger partial charge on any atom is 0.347 e. The number of fused-ring (bicyclic) bond motifs is 1. The molecule has 2 aromatic heterocycles. The highest BCUT2D eigenvalue weighted by Crippen LogP contribution is 2.28. The number of esters is 1. The van der Waals surface area contributed by atoms with Crippen molar-refractivity contribution in [3.8, 4) is 0 Å². The highest BCUT2D eigenvalue weighted by molar-refractivity contribution is 6.26. The van der Waals surface area contributed by atoms with Crippen LogP contribution in [0.5, 0.6) is 0 Å². The first-order valence-electron chi connectivity index (χ1n) is 8.69. The van der Waals surface area contributed by atoms with E-state index in [0.29, 0.717) is 5.65 Å². The number of carbonyl (C=O) groups is 2. The van der Waals surface area contributed by atoms with Gasteiger partial charge in [0.15, 0.2) is 11.3 Å². The minimum absolute atomic E-state index is 0.0439. The van der Waals surface area contributed by atoms with Crippen LogP contribution >= 0.6 is 0 Å². The fourth-order valence-electron chi connectivity index (χ4n) is 2.52. The predicted octanol–water partition coefficient (Wildman–Crippen LogP) is 2.12. The van der Waals surface area contributed by atoms with Gasteiger partial charge in [-0.25, -0.2) is 14.8 Å². The number of ether oxygens (including phenoxy) is 2. The lowest BCUT2D eigenvalue weighted by Gasteiger charge is -2.23. The van der Waals surface area contributed by atoms with E-state index in [-0.39, 0.29) is 29.9 Å². The zero-order valence-corrected chi connectivity index (χ0v) is 15.7.